The Labute approximate surface area is 110 Å². The van der Waals surface area contributed by atoms with Crippen LogP contribution in [0.5, 0.6) is 0 Å². The van der Waals surface area contributed by atoms with Crippen LogP contribution in [-0.2, 0) is 0 Å². The van der Waals surface area contributed by atoms with Gasteiger partial charge in [0.2, 0.25) is 0 Å². The Morgan fingerprint density at radius 3 is 2.94 bits per heavy atom. The van der Waals surface area contributed by atoms with E-state index in [0.717, 1.165) is 29.6 Å². The van der Waals surface area contributed by atoms with E-state index < -0.39 is 0 Å². The number of benzene rings is 1. The van der Waals surface area contributed by atoms with Crippen molar-refractivity contribution in [3.63, 3.8) is 0 Å². The molecule has 1 aromatic carbocycles. The molecule has 0 bridgehead atoms. The van der Waals surface area contributed by atoms with Crippen LogP contribution in [0.3, 0.4) is 0 Å². The number of aryl methyl sites for hydroxylation is 1. The van der Waals surface area contributed by atoms with E-state index in [2.05, 4.69) is 24.0 Å². The molecule has 2 heteroatoms. The summed E-state index contributed by atoms with van der Waals surface area (Å²) in [6.45, 7) is 5.37. The SMILES string of the molecule is CCCC1CCCCN1c1ccc(C)cc1C=O. The molecule has 1 aromatic rings. The zero-order chi connectivity index (χ0) is 13.0. The van der Waals surface area contributed by atoms with Crippen LogP contribution in [0.4, 0.5) is 5.69 Å². The minimum Gasteiger partial charge on any atom is -0.368 e. The first-order valence-electron chi connectivity index (χ1n) is 7.08. The highest BCUT2D eigenvalue weighted by Gasteiger charge is 2.23. The van der Waals surface area contributed by atoms with E-state index in [1.807, 2.05) is 13.0 Å². The lowest BCUT2D eigenvalue weighted by molar-refractivity contribution is 0.112. The molecule has 1 atom stereocenters. The van der Waals surface area contributed by atoms with Gasteiger partial charge in [-0.3, -0.25) is 4.79 Å². The maximum atomic E-state index is 11.3. The Morgan fingerprint density at radius 2 is 2.22 bits per heavy atom. The van der Waals surface area contributed by atoms with Crippen molar-refractivity contribution in [3.8, 4) is 0 Å². The van der Waals surface area contributed by atoms with Crippen LogP contribution in [0.15, 0.2) is 18.2 Å². The van der Waals surface area contributed by atoms with Gasteiger partial charge in [0.1, 0.15) is 0 Å². The highest BCUT2D eigenvalue weighted by atomic mass is 16.1. The Kier molecular flexibility index (Phi) is 4.40. The van der Waals surface area contributed by atoms with Crippen molar-refractivity contribution in [3.05, 3.63) is 29.3 Å². The van der Waals surface area contributed by atoms with Crippen LogP contribution < -0.4 is 4.90 Å². The van der Waals surface area contributed by atoms with Crippen LogP contribution in [0.1, 0.15) is 54.9 Å². The van der Waals surface area contributed by atoms with Crippen molar-refractivity contribution >= 4 is 12.0 Å². The summed E-state index contributed by atoms with van der Waals surface area (Å²) in [6, 6.07) is 6.84. The van der Waals surface area contributed by atoms with Crippen molar-refractivity contribution in [2.45, 2.75) is 52.0 Å². The standard InChI is InChI=1S/C16H23NO/c1-3-6-15-7-4-5-10-17(15)16-9-8-13(2)11-14(16)12-18/h8-9,11-12,15H,3-7,10H2,1-2H3. The second-order valence-electron chi connectivity index (χ2n) is 5.31. The molecule has 1 aliphatic rings. The van der Waals surface area contributed by atoms with Gasteiger partial charge in [0.15, 0.2) is 6.29 Å². The summed E-state index contributed by atoms with van der Waals surface area (Å²) in [6.07, 6.45) is 7.27. The lowest BCUT2D eigenvalue weighted by atomic mass is 9.96. The van der Waals surface area contributed by atoms with Gasteiger partial charge in [0, 0.05) is 23.8 Å². The molecule has 1 unspecified atom stereocenters. The molecule has 1 heterocycles. The van der Waals surface area contributed by atoms with E-state index in [0.29, 0.717) is 6.04 Å². The Bertz CT molecular complexity index is 412. The predicted molar refractivity (Wildman–Crippen MR) is 76.5 cm³/mol. The number of hydrogen-bond donors (Lipinski definition) is 0. The fourth-order valence-electron chi connectivity index (χ4n) is 2.98. The fourth-order valence-corrected chi connectivity index (χ4v) is 2.98. The molecule has 0 N–H and O–H groups in total. The second-order valence-corrected chi connectivity index (χ2v) is 5.31. The smallest absolute Gasteiger partial charge is 0.152 e. The molecule has 2 nitrogen and oxygen atoms in total. The van der Waals surface area contributed by atoms with Crippen LogP contribution in [0, 0.1) is 6.92 Å². The van der Waals surface area contributed by atoms with E-state index in [9.17, 15) is 4.79 Å². The molecule has 1 aliphatic heterocycles. The number of anilines is 1. The van der Waals surface area contributed by atoms with E-state index in [-0.39, 0.29) is 0 Å². The van der Waals surface area contributed by atoms with Gasteiger partial charge in [0.25, 0.3) is 0 Å². The number of rotatable bonds is 4. The normalized spacial score (nSPS) is 19.9. The third-order valence-electron chi connectivity index (χ3n) is 3.87. The topological polar surface area (TPSA) is 20.3 Å². The molecule has 2 rings (SSSR count). The van der Waals surface area contributed by atoms with Crippen molar-refractivity contribution in [1.29, 1.82) is 0 Å². The molecule has 18 heavy (non-hydrogen) atoms. The number of nitrogens with zero attached hydrogens (tertiary/aromatic N) is 1. The van der Waals surface area contributed by atoms with Crippen LogP contribution in [0.2, 0.25) is 0 Å². The molecule has 0 radical (unpaired) electrons. The number of carbonyl (C=O) groups excluding carboxylic acids is 1. The molecule has 1 fully saturated rings. The molecule has 1 saturated heterocycles. The summed E-state index contributed by atoms with van der Waals surface area (Å²) in [4.78, 5) is 13.7. The first-order valence-corrected chi connectivity index (χ1v) is 7.08. The Balaban J connectivity index is 2.30. The van der Waals surface area contributed by atoms with Gasteiger partial charge < -0.3 is 4.90 Å². The van der Waals surface area contributed by atoms with Crippen LogP contribution in [0.25, 0.3) is 0 Å². The van der Waals surface area contributed by atoms with Crippen molar-refractivity contribution in [2.24, 2.45) is 0 Å². The van der Waals surface area contributed by atoms with Gasteiger partial charge in [-0.05, 0) is 44.7 Å². The van der Waals surface area contributed by atoms with Gasteiger partial charge in [0.05, 0.1) is 0 Å². The minimum atomic E-state index is 0.616. The molecule has 0 saturated carbocycles. The molecule has 98 valence electrons. The van der Waals surface area contributed by atoms with E-state index in [1.54, 1.807) is 0 Å². The summed E-state index contributed by atoms with van der Waals surface area (Å²) in [5.74, 6) is 0. The summed E-state index contributed by atoms with van der Waals surface area (Å²) in [5.41, 5.74) is 3.14. The number of piperidine rings is 1. The third-order valence-corrected chi connectivity index (χ3v) is 3.87. The van der Waals surface area contributed by atoms with Gasteiger partial charge >= 0.3 is 0 Å². The summed E-state index contributed by atoms with van der Waals surface area (Å²) in [5, 5.41) is 0. The van der Waals surface area contributed by atoms with Crippen molar-refractivity contribution in [1.82, 2.24) is 0 Å². The van der Waals surface area contributed by atoms with Crippen LogP contribution in [-0.4, -0.2) is 18.9 Å². The molecule has 0 aliphatic carbocycles. The zero-order valence-corrected chi connectivity index (χ0v) is 11.5. The van der Waals surface area contributed by atoms with E-state index >= 15 is 0 Å². The van der Waals surface area contributed by atoms with Gasteiger partial charge in [-0.2, -0.15) is 0 Å². The maximum Gasteiger partial charge on any atom is 0.152 e. The largest absolute Gasteiger partial charge is 0.368 e. The fraction of sp³-hybridized carbons (Fsp3) is 0.562. The van der Waals surface area contributed by atoms with E-state index in [4.69, 9.17) is 0 Å². The first kappa shape index (κ1) is 13.1. The first-order chi connectivity index (χ1) is 8.76. The van der Waals surface area contributed by atoms with Gasteiger partial charge in [-0.1, -0.05) is 25.0 Å². The average molecular weight is 245 g/mol. The zero-order valence-electron chi connectivity index (χ0n) is 11.5. The average Bonchev–Trinajstić information content (AvgIpc) is 2.40. The predicted octanol–water partition coefficient (Wildman–Crippen LogP) is 3.97. The summed E-state index contributed by atoms with van der Waals surface area (Å²) >= 11 is 0. The summed E-state index contributed by atoms with van der Waals surface area (Å²) < 4.78 is 0. The summed E-state index contributed by atoms with van der Waals surface area (Å²) in [7, 11) is 0. The maximum absolute atomic E-state index is 11.3. The Hall–Kier alpha value is -1.31. The molecule has 0 amide bonds. The van der Waals surface area contributed by atoms with Gasteiger partial charge in [-0.15, -0.1) is 0 Å². The lowest BCUT2D eigenvalue weighted by Crippen LogP contribution is -2.40. The van der Waals surface area contributed by atoms with Crippen molar-refractivity contribution < 1.29 is 4.79 Å². The Morgan fingerprint density at radius 1 is 1.39 bits per heavy atom. The molecule has 0 aromatic heterocycles. The van der Waals surface area contributed by atoms with Crippen molar-refractivity contribution in [2.75, 3.05) is 11.4 Å². The molecular formula is C16H23NO. The highest BCUT2D eigenvalue weighted by molar-refractivity contribution is 5.85. The second kappa shape index (κ2) is 6.03. The monoisotopic (exact) mass is 245 g/mol. The minimum absolute atomic E-state index is 0.616. The lowest BCUT2D eigenvalue weighted by Gasteiger charge is -2.38. The third kappa shape index (κ3) is 2.74. The highest BCUT2D eigenvalue weighted by Crippen LogP contribution is 2.29. The van der Waals surface area contributed by atoms with E-state index in [1.165, 1.54) is 32.1 Å². The van der Waals surface area contributed by atoms with Crippen LogP contribution >= 0.6 is 0 Å². The van der Waals surface area contributed by atoms with Gasteiger partial charge in [-0.25, -0.2) is 0 Å². The number of hydrogen-bond acceptors (Lipinski definition) is 2. The number of aldehydes is 1. The molecule has 0 spiro atoms. The number of carbonyl (C=O) groups is 1. The quantitative estimate of drug-likeness (QED) is 0.748. The molecular weight excluding hydrogens is 222 g/mol.